The van der Waals surface area contributed by atoms with Crippen LogP contribution in [0.3, 0.4) is 0 Å². The molecule has 3 rings (SSSR count). The van der Waals surface area contributed by atoms with Gasteiger partial charge in [0.2, 0.25) is 11.9 Å². The van der Waals surface area contributed by atoms with Gasteiger partial charge < -0.3 is 0 Å². The van der Waals surface area contributed by atoms with Crippen molar-refractivity contribution in [2.24, 2.45) is 0 Å². The number of nitrogens with one attached hydrogen (secondary N) is 1. The molecule has 0 aliphatic carbocycles. The highest BCUT2D eigenvalue weighted by Crippen LogP contribution is 2.21. The molecule has 0 fully saturated rings. The summed E-state index contributed by atoms with van der Waals surface area (Å²) in [6.45, 7) is 7.23. The van der Waals surface area contributed by atoms with Crippen LogP contribution in [0.5, 0.6) is 0 Å². The molecule has 0 atom stereocenters. The van der Waals surface area contributed by atoms with Crippen LogP contribution >= 0.6 is 0 Å². The van der Waals surface area contributed by atoms with Gasteiger partial charge in [-0.2, -0.15) is 0 Å². The maximum Gasteiger partial charge on any atom is 0.230 e. The lowest BCUT2D eigenvalue weighted by Crippen LogP contribution is -2.07. The average Bonchev–Trinajstić information content (AvgIpc) is 2.48. The number of fused-ring (bicyclic) bond motifs is 1. The van der Waals surface area contributed by atoms with E-state index in [1.54, 1.807) is 6.92 Å². The van der Waals surface area contributed by atoms with Crippen molar-refractivity contribution in [3.63, 3.8) is 0 Å². The quantitative estimate of drug-likeness (QED) is 0.748. The van der Waals surface area contributed by atoms with E-state index >= 15 is 0 Å². The molecule has 0 saturated carbocycles. The van der Waals surface area contributed by atoms with Crippen LogP contribution in [0.1, 0.15) is 34.2 Å². The smallest absolute Gasteiger partial charge is 0.230 e. The lowest BCUT2D eigenvalue weighted by Gasteiger charge is -2.09. The van der Waals surface area contributed by atoms with Crippen LogP contribution in [0, 0.1) is 20.8 Å². The number of hydrogen-bond donors (Lipinski definition) is 1. The molecule has 2 aromatic heterocycles. The van der Waals surface area contributed by atoms with E-state index < -0.39 is 0 Å². The number of aromatic nitrogens is 4. The fourth-order valence-electron chi connectivity index (χ4n) is 2.48. The van der Waals surface area contributed by atoms with E-state index in [-0.39, 0.29) is 5.78 Å². The van der Waals surface area contributed by atoms with Crippen molar-refractivity contribution in [1.29, 1.82) is 0 Å². The summed E-state index contributed by atoms with van der Waals surface area (Å²) < 4.78 is 0. The van der Waals surface area contributed by atoms with Gasteiger partial charge in [-0.05, 0) is 33.3 Å². The Bertz CT molecular complexity index is 920. The standard InChI is InChI=1S/C17H17N5O/c1-9-6-5-7-13-10(2)20-17(21-15(9)13)22-16-18-8-14(12(4)23)11(3)19-16/h5-8H,1-4H3,(H,18,19,20,21,22). The van der Waals surface area contributed by atoms with Gasteiger partial charge in [0, 0.05) is 11.6 Å². The Kier molecular flexibility index (Phi) is 3.73. The lowest BCUT2D eigenvalue weighted by atomic mass is 10.1. The van der Waals surface area contributed by atoms with Crippen LogP contribution in [0.25, 0.3) is 10.9 Å². The zero-order chi connectivity index (χ0) is 16.6. The molecular weight excluding hydrogens is 290 g/mol. The highest BCUT2D eigenvalue weighted by Gasteiger charge is 2.10. The van der Waals surface area contributed by atoms with Crippen LogP contribution in [0.15, 0.2) is 24.4 Å². The molecule has 0 radical (unpaired) electrons. The Hall–Kier alpha value is -2.89. The Morgan fingerprint density at radius 1 is 1.00 bits per heavy atom. The van der Waals surface area contributed by atoms with Crippen molar-refractivity contribution in [2.45, 2.75) is 27.7 Å². The molecule has 6 nitrogen and oxygen atoms in total. The van der Waals surface area contributed by atoms with Gasteiger partial charge in [-0.25, -0.2) is 19.9 Å². The first-order valence-electron chi connectivity index (χ1n) is 7.31. The summed E-state index contributed by atoms with van der Waals surface area (Å²) in [5.41, 5.74) is 4.02. The second-order valence-electron chi connectivity index (χ2n) is 5.48. The molecule has 23 heavy (non-hydrogen) atoms. The molecule has 0 aliphatic rings. The van der Waals surface area contributed by atoms with Crippen molar-refractivity contribution in [1.82, 2.24) is 19.9 Å². The second kappa shape index (κ2) is 5.72. The molecule has 0 amide bonds. The number of anilines is 2. The number of Topliss-reactive ketones (excluding diaryl/α,β-unsaturated/α-hetero) is 1. The number of aryl methyl sites for hydroxylation is 3. The number of nitrogens with zero attached hydrogens (tertiary/aromatic N) is 4. The lowest BCUT2D eigenvalue weighted by molar-refractivity contribution is 0.101. The molecule has 0 unspecified atom stereocenters. The molecule has 0 aliphatic heterocycles. The SMILES string of the molecule is CC(=O)c1cnc(Nc2nc(C)c3cccc(C)c3n2)nc1C. The first kappa shape index (κ1) is 15.0. The minimum Gasteiger partial charge on any atom is -0.294 e. The number of hydrogen-bond acceptors (Lipinski definition) is 6. The van der Waals surface area contributed by atoms with Gasteiger partial charge >= 0.3 is 0 Å². The van der Waals surface area contributed by atoms with Gasteiger partial charge in [0.15, 0.2) is 5.78 Å². The van der Waals surface area contributed by atoms with E-state index in [0.29, 0.717) is 23.2 Å². The highest BCUT2D eigenvalue weighted by molar-refractivity contribution is 5.94. The summed E-state index contributed by atoms with van der Waals surface area (Å²) >= 11 is 0. The summed E-state index contributed by atoms with van der Waals surface area (Å²) in [7, 11) is 0. The fraction of sp³-hybridized carbons (Fsp3) is 0.235. The van der Waals surface area contributed by atoms with Crippen molar-refractivity contribution in [2.75, 3.05) is 5.32 Å². The van der Waals surface area contributed by atoms with Crippen LogP contribution in [-0.2, 0) is 0 Å². The zero-order valence-electron chi connectivity index (χ0n) is 13.5. The van der Waals surface area contributed by atoms with Crippen LogP contribution in [0.4, 0.5) is 11.9 Å². The number of benzene rings is 1. The summed E-state index contributed by atoms with van der Waals surface area (Å²) in [4.78, 5) is 28.9. The normalized spacial score (nSPS) is 10.8. The summed E-state index contributed by atoms with van der Waals surface area (Å²) in [5.74, 6) is 0.765. The van der Waals surface area contributed by atoms with Gasteiger partial charge in [-0.1, -0.05) is 18.2 Å². The average molecular weight is 307 g/mol. The van der Waals surface area contributed by atoms with E-state index in [0.717, 1.165) is 22.2 Å². The van der Waals surface area contributed by atoms with Crippen molar-refractivity contribution >= 4 is 28.6 Å². The zero-order valence-corrected chi connectivity index (χ0v) is 13.5. The van der Waals surface area contributed by atoms with E-state index in [2.05, 4.69) is 25.3 Å². The third kappa shape index (κ3) is 2.88. The Balaban J connectivity index is 2.00. The topological polar surface area (TPSA) is 80.7 Å². The fourth-order valence-corrected chi connectivity index (χ4v) is 2.48. The Labute approximate surface area is 134 Å². The second-order valence-corrected chi connectivity index (χ2v) is 5.48. The maximum absolute atomic E-state index is 11.4. The van der Waals surface area contributed by atoms with Crippen LogP contribution in [0.2, 0.25) is 0 Å². The third-order valence-electron chi connectivity index (χ3n) is 3.70. The van der Waals surface area contributed by atoms with Crippen molar-refractivity contribution in [3.8, 4) is 0 Å². The Morgan fingerprint density at radius 3 is 2.43 bits per heavy atom. The maximum atomic E-state index is 11.4. The van der Waals surface area contributed by atoms with Gasteiger partial charge in [0.1, 0.15) is 0 Å². The third-order valence-corrected chi connectivity index (χ3v) is 3.70. The molecule has 1 aromatic carbocycles. The van der Waals surface area contributed by atoms with E-state index in [9.17, 15) is 4.79 Å². The minimum atomic E-state index is -0.0533. The van der Waals surface area contributed by atoms with E-state index in [4.69, 9.17) is 0 Å². The van der Waals surface area contributed by atoms with E-state index in [1.165, 1.54) is 13.1 Å². The number of carbonyl (C=O) groups excluding carboxylic acids is 1. The van der Waals surface area contributed by atoms with Gasteiger partial charge in [-0.3, -0.25) is 10.1 Å². The number of para-hydroxylation sites is 1. The molecule has 0 spiro atoms. The Morgan fingerprint density at radius 2 is 1.74 bits per heavy atom. The largest absolute Gasteiger partial charge is 0.294 e. The number of carbonyl (C=O) groups is 1. The number of ketones is 1. The van der Waals surface area contributed by atoms with Gasteiger partial charge in [-0.15, -0.1) is 0 Å². The molecule has 0 bridgehead atoms. The first-order valence-corrected chi connectivity index (χ1v) is 7.31. The predicted molar refractivity (Wildman–Crippen MR) is 89.1 cm³/mol. The predicted octanol–water partition coefficient (Wildman–Crippen LogP) is 3.29. The minimum absolute atomic E-state index is 0.0533. The van der Waals surface area contributed by atoms with Gasteiger partial charge in [0.25, 0.3) is 0 Å². The molecule has 1 N–H and O–H groups in total. The van der Waals surface area contributed by atoms with Gasteiger partial charge in [0.05, 0.1) is 22.5 Å². The monoisotopic (exact) mass is 307 g/mol. The molecule has 6 heteroatoms. The highest BCUT2D eigenvalue weighted by atomic mass is 16.1. The molecule has 116 valence electrons. The molecule has 2 heterocycles. The summed E-state index contributed by atoms with van der Waals surface area (Å²) in [5, 5.41) is 4.04. The molecule has 3 aromatic rings. The van der Waals surface area contributed by atoms with Crippen molar-refractivity contribution in [3.05, 3.63) is 46.9 Å². The van der Waals surface area contributed by atoms with Crippen molar-refractivity contribution < 1.29 is 4.79 Å². The van der Waals surface area contributed by atoms with E-state index in [1.807, 2.05) is 32.0 Å². The van der Waals surface area contributed by atoms with Crippen LogP contribution < -0.4 is 5.32 Å². The molecule has 0 saturated heterocycles. The molecular formula is C17H17N5O. The first-order chi connectivity index (χ1) is 11.0. The summed E-state index contributed by atoms with van der Waals surface area (Å²) in [6, 6.07) is 6.01. The van der Waals surface area contributed by atoms with Crippen LogP contribution in [-0.4, -0.2) is 25.7 Å². The number of rotatable bonds is 3. The summed E-state index contributed by atoms with van der Waals surface area (Å²) in [6.07, 6.45) is 1.52.